The lowest BCUT2D eigenvalue weighted by Gasteiger charge is -2.21. The molecule has 2 amide bonds. The highest BCUT2D eigenvalue weighted by molar-refractivity contribution is 5.74. The molecule has 0 aliphatic heterocycles. The lowest BCUT2D eigenvalue weighted by molar-refractivity contribution is 0.177. The fourth-order valence-electron chi connectivity index (χ4n) is 2.44. The number of nitrogens with zero attached hydrogens (tertiary/aromatic N) is 3. The molecule has 0 bridgehead atoms. The Labute approximate surface area is 130 Å². The van der Waals surface area contributed by atoms with Crippen LogP contribution in [0.4, 0.5) is 4.79 Å². The molecule has 6 heteroatoms. The molecule has 22 heavy (non-hydrogen) atoms. The largest absolute Gasteiger partial charge is 0.395 e. The van der Waals surface area contributed by atoms with Crippen molar-refractivity contribution in [3.63, 3.8) is 0 Å². The molecular formula is C16H24N4O2. The summed E-state index contributed by atoms with van der Waals surface area (Å²) in [4.78, 5) is 18.2. The first-order chi connectivity index (χ1) is 10.7. The number of rotatable bonds is 7. The zero-order valence-corrected chi connectivity index (χ0v) is 13.2. The zero-order valence-electron chi connectivity index (χ0n) is 13.2. The van der Waals surface area contributed by atoms with E-state index in [2.05, 4.69) is 10.3 Å². The third-order valence-corrected chi connectivity index (χ3v) is 3.54. The van der Waals surface area contributed by atoms with Crippen LogP contribution in [0, 0.1) is 6.92 Å². The summed E-state index contributed by atoms with van der Waals surface area (Å²) in [6.07, 6.45) is 5.53. The van der Waals surface area contributed by atoms with Gasteiger partial charge in [-0.1, -0.05) is 13.0 Å². The van der Waals surface area contributed by atoms with E-state index < -0.39 is 0 Å². The number of aromatic nitrogens is 2. The Morgan fingerprint density at radius 3 is 2.95 bits per heavy atom. The molecule has 0 aromatic carbocycles. The Balaban J connectivity index is 1.89. The first-order valence-electron chi connectivity index (χ1n) is 7.72. The maximum atomic E-state index is 12.0. The van der Waals surface area contributed by atoms with Gasteiger partial charge in [0, 0.05) is 38.4 Å². The number of hydrogen-bond acceptors (Lipinski definition) is 3. The SMILES string of the molecule is CCCN(CCO)C(=O)NCCc1cn2cccc(C)c2n1. The Bertz CT molecular complexity index is 618. The maximum absolute atomic E-state index is 12.0. The molecule has 2 rings (SSSR count). The van der Waals surface area contributed by atoms with E-state index in [0.717, 1.165) is 23.3 Å². The summed E-state index contributed by atoms with van der Waals surface area (Å²) in [5.74, 6) is 0. The lowest BCUT2D eigenvalue weighted by Crippen LogP contribution is -2.42. The minimum atomic E-state index is -0.129. The number of hydrogen-bond donors (Lipinski definition) is 2. The third kappa shape index (κ3) is 3.98. The van der Waals surface area contributed by atoms with Crippen LogP contribution < -0.4 is 5.32 Å². The number of imidazole rings is 1. The van der Waals surface area contributed by atoms with Gasteiger partial charge in [0.05, 0.1) is 12.3 Å². The molecule has 2 aromatic rings. The third-order valence-electron chi connectivity index (χ3n) is 3.54. The summed E-state index contributed by atoms with van der Waals surface area (Å²) in [6, 6.07) is 3.90. The van der Waals surface area contributed by atoms with Gasteiger partial charge in [0.1, 0.15) is 5.65 Å². The molecule has 6 nitrogen and oxygen atoms in total. The molecule has 0 spiro atoms. The van der Waals surface area contributed by atoms with Crippen LogP contribution in [0.25, 0.3) is 5.65 Å². The minimum Gasteiger partial charge on any atom is -0.395 e. The number of amides is 2. The molecule has 0 saturated heterocycles. The number of carbonyl (C=O) groups is 1. The van der Waals surface area contributed by atoms with Crippen LogP contribution in [0.5, 0.6) is 0 Å². The molecular weight excluding hydrogens is 280 g/mol. The fourth-order valence-corrected chi connectivity index (χ4v) is 2.44. The molecule has 2 aromatic heterocycles. The van der Waals surface area contributed by atoms with E-state index in [9.17, 15) is 4.79 Å². The van der Waals surface area contributed by atoms with Crippen molar-refractivity contribution in [2.45, 2.75) is 26.7 Å². The summed E-state index contributed by atoms with van der Waals surface area (Å²) >= 11 is 0. The van der Waals surface area contributed by atoms with Crippen LogP contribution in [-0.4, -0.2) is 51.7 Å². The molecule has 0 fully saturated rings. The van der Waals surface area contributed by atoms with E-state index in [1.165, 1.54) is 0 Å². The molecule has 0 aliphatic rings. The number of carbonyl (C=O) groups excluding carboxylic acids is 1. The lowest BCUT2D eigenvalue weighted by atomic mass is 10.3. The Hall–Kier alpha value is -2.08. The number of pyridine rings is 1. The number of urea groups is 1. The predicted octanol–water partition coefficient (Wildman–Crippen LogP) is 1.60. The normalized spacial score (nSPS) is 10.9. The second kappa shape index (κ2) is 7.79. The van der Waals surface area contributed by atoms with E-state index in [4.69, 9.17) is 5.11 Å². The number of aliphatic hydroxyl groups is 1. The van der Waals surface area contributed by atoms with Crippen LogP contribution in [0.3, 0.4) is 0 Å². The Morgan fingerprint density at radius 1 is 1.45 bits per heavy atom. The summed E-state index contributed by atoms with van der Waals surface area (Å²) in [6.45, 7) is 5.59. The van der Waals surface area contributed by atoms with E-state index in [1.807, 2.05) is 42.8 Å². The summed E-state index contributed by atoms with van der Waals surface area (Å²) in [5, 5.41) is 11.9. The van der Waals surface area contributed by atoms with Crippen molar-refractivity contribution in [3.05, 3.63) is 35.8 Å². The monoisotopic (exact) mass is 304 g/mol. The smallest absolute Gasteiger partial charge is 0.317 e. The highest BCUT2D eigenvalue weighted by Gasteiger charge is 2.11. The van der Waals surface area contributed by atoms with Crippen molar-refractivity contribution < 1.29 is 9.90 Å². The van der Waals surface area contributed by atoms with Gasteiger partial charge >= 0.3 is 6.03 Å². The Kier molecular flexibility index (Phi) is 5.77. The summed E-state index contributed by atoms with van der Waals surface area (Å²) in [5.41, 5.74) is 3.05. The molecule has 0 aliphatic carbocycles. The average molecular weight is 304 g/mol. The van der Waals surface area contributed by atoms with Gasteiger partial charge in [-0.05, 0) is 25.0 Å². The molecule has 0 unspecified atom stereocenters. The van der Waals surface area contributed by atoms with Crippen molar-refractivity contribution in [2.75, 3.05) is 26.2 Å². The minimum absolute atomic E-state index is 0.0147. The van der Waals surface area contributed by atoms with Crippen LogP contribution in [0.15, 0.2) is 24.5 Å². The van der Waals surface area contributed by atoms with Gasteiger partial charge < -0.3 is 19.7 Å². The van der Waals surface area contributed by atoms with Gasteiger partial charge in [0.25, 0.3) is 0 Å². The van der Waals surface area contributed by atoms with Crippen LogP contribution in [0.1, 0.15) is 24.6 Å². The molecule has 2 heterocycles. The van der Waals surface area contributed by atoms with Crippen LogP contribution in [0.2, 0.25) is 0 Å². The van der Waals surface area contributed by atoms with Crippen LogP contribution in [-0.2, 0) is 6.42 Å². The fraction of sp³-hybridized carbons (Fsp3) is 0.500. The summed E-state index contributed by atoms with van der Waals surface area (Å²) in [7, 11) is 0. The zero-order chi connectivity index (χ0) is 15.9. The van der Waals surface area contributed by atoms with Gasteiger partial charge in [-0.2, -0.15) is 0 Å². The second-order valence-electron chi connectivity index (χ2n) is 5.35. The number of fused-ring (bicyclic) bond motifs is 1. The predicted molar refractivity (Wildman–Crippen MR) is 86.0 cm³/mol. The maximum Gasteiger partial charge on any atom is 0.317 e. The van der Waals surface area contributed by atoms with Crippen LogP contribution >= 0.6 is 0 Å². The van der Waals surface area contributed by atoms with E-state index in [-0.39, 0.29) is 12.6 Å². The topological polar surface area (TPSA) is 69.9 Å². The number of nitrogens with one attached hydrogen (secondary N) is 1. The highest BCUT2D eigenvalue weighted by atomic mass is 16.3. The van der Waals surface area contributed by atoms with Crippen molar-refractivity contribution in [2.24, 2.45) is 0 Å². The van der Waals surface area contributed by atoms with Gasteiger partial charge in [-0.3, -0.25) is 0 Å². The Morgan fingerprint density at radius 2 is 2.27 bits per heavy atom. The average Bonchev–Trinajstić information content (AvgIpc) is 2.91. The van der Waals surface area contributed by atoms with Gasteiger partial charge in [-0.15, -0.1) is 0 Å². The number of aryl methyl sites for hydroxylation is 1. The molecule has 120 valence electrons. The molecule has 2 N–H and O–H groups in total. The van der Waals surface area contributed by atoms with E-state index in [0.29, 0.717) is 26.1 Å². The van der Waals surface area contributed by atoms with Crippen molar-refractivity contribution >= 4 is 11.7 Å². The van der Waals surface area contributed by atoms with E-state index >= 15 is 0 Å². The van der Waals surface area contributed by atoms with E-state index in [1.54, 1.807) is 4.90 Å². The van der Waals surface area contributed by atoms with Crippen molar-refractivity contribution in [1.29, 1.82) is 0 Å². The first kappa shape index (κ1) is 16.3. The molecule has 0 saturated carbocycles. The standard InChI is InChI=1S/C16H24N4O2/c1-3-8-19(10-11-21)16(22)17-7-6-14-12-20-9-4-5-13(2)15(20)18-14/h4-5,9,12,21H,3,6-8,10-11H2,1-2H3,(H,17,22). The quantitative estimate of drug-likeness (QED) is 0.816. The number of aliphatic hydroxyl groups excluding tert-OH is 1. The van der Waals surface area contributed by atoms with Crippen molar-refractivity contribution in [3.8, 4) is 0 Å². The van der Waals surface area contributed by atoms with Gasteiger partial charge in [0.15, 0.2) is 0 Å². The highest BCUT2D eigenvalue weighted by Crippen LogP contribution is 2.10. The first-order valence-corrected chi connectivity index (χ1v) is 7.72. The summed E-state index contributed by atoms with van der Waals surface area (Å²) < 4.78 is 2.00. The molecule has 0 radical (unpaired) electrons. The van der Waals surface area contributed by atoms with Gasteiger partial charge in [-0.25, -0.2) is 9.78 Å². The molecule has 0 atom stereocenters. The van der Waals surface area contributed by atoms with Gasteiger partial charge in [0.2, 0.25) is 0 Å². The van der Waals surface area contributed by atoms with Crippen molar-refractivity contribution in [1.82, 2.24) is 19.6 Å². The second-order valence-corrected chi connectivity index (χ2v) is 5.35.